The van der Waals surface area contributed by atoms with Crippen molar-refractivity contribution in [3.05, 3.63) is 24.0 Å². The van der Waals surface area contributed by atoms with E-state index in [1.807, 2.05) is 12.3 Å². The summed E-state index contributed by atoms with van der Waals surface area (Å²) in [5.41, 5.74) is 2.27. The molecule has 26 heavy (non-hydrogen) atoms. The second-order valence-corrected chi connectivity index (χ2v) is 8.01. The average Bonchev–Trinajstić information content (AvgIpc) is 3.09. The van der Waals surface area contributed by atoms with Gasteiger partial charge in [-0.05, 0) is 50.0 Å². The number of nitrogens with zero attached hydrogens (tertiary/aromatic N) is 3. The van der Waals surface area contributed by atoms with E-state index in [0.717, 1.165) is 55.0 Å². The standard InChI is InChI=1S/C20H27N5O/c1-13-3-6-25(7-4-13)18(26)10-14-8-16(9-14)24-19-15(11-21)12-23-20-17(19)2-5-22-20/h2,5,12-14,16,18,26H,3-4,6-10H2,1H3,(H2,22,23,24). The van der Waals surface area contributed by atoms with Crippen molar-refractivity contribution >= 4 is 16.7 Å². The van der Waals surface area contributed by atoms with Crippen molar-refractivity contribution in [1.82, 2.24) is 14.9 Å². The summed E-state index contributed by atoms with van der Waals surface area (Å²) in [6.45, 7) is 4.33. The van der Waals surface area contributed by atoms with E-state index in [9.17, 15) is 10.4 Å². The molecule has 2 fully saturated rings. The molecule has 6 heteroatoms. The summed E-state index contributed by atoms with van der Waals surface area (Å²) in [5, 5.41) is 24.4. The molecule has 2 aliphatic rings. The summed E-state index contributed by atoms with van der Waals surface area (Å²) >= 11 is 0. The number of aromatic amines is 1. The maximum Gasteiger partial charge on any atom is 0.139 e. The van der Waals surface area contributed by atoms with Crippen LogP contribution in [0.2, 0.25) is 0 Å². The van der Waals surface area contributed by atoms with Crippen molar-refractivity contribution in [2.45, 2.75) is 51.3 Å². The largest absolute Gasteiger partial charge is 0.381 e. The van der Waals surface area contributed by atoms with Gasteiger partial charge in [-0.3, -0.25) is 4.90 Å². The summed E-state index contributed by atoms with van der Waals surface area (Å²) in [4.78, 5) is 9.61. The molecule has 3 heterocycles. The minimum atomic E-state index is -0.305. The summed E-state index contributed by atoms with van der Waals surface area (Å²) in [7, 11) is 0. The van der Waals surface area contributed by atoms with Crippen molar-refractivity contribution in [1.29, 1.82) is 5.26 Å². The van der Waals surface area contributed by atoms with Gasteiger partial charge in [-0.15, -0.1) is 0 Å². The Morgan fingerprint density at radius 1 is 1.42 bits per heavy atom. The van der Waals surface area contributed by atoms with E-state index in [1.54, 1.807) is 6.20 Å². The van der Waals surface area contributed by atoms with Crippen LogP contribution in [0.3, 0.4) is 0 Å². The fourth-order valence-corrected chi connectivity index (χ4v) is 4.27. The van der Waals surface area contributed by atoms with Crippen LogP contribution < -0.4 is 5.32 Å². The molecule has 6 nitrogen and oxygen atoms in total. The van der Waals surface area contributed by atoms with E-state index in [1.165, 1.54) is 12.8 Å². The van der Waals surface area contributed by atoms with Gasteiger partial charge in [-0.25, -0.2) is 4.98 Å². The fourth-order valence-electron chi connectivity index (χ4n) is 4.27. The molecule has 0 amide bonds. The number of aliphatic hydroxyl groups is 1. The number of hydrogen-bond donors (Lipinski definition) is 3. The Bertz CT molecular complexity index is 796. The van der Waals surface area contributed by atoms with Crippen LogP contribution in [0, 0.1) is 23.2 Å². The van der Waals surface area contributed by atoms with E-state index in [-0.39, 0.29) is 6.23 Å². The van der Waals surface area contributed by atoms with Gasteiger partial charge in [-0.1, -0.05) is 6.92 Å². The summed E-state index contributed by atoms with van der Waals surface area (Å²) in [5.74, 6) is 1.34. The second-order valence-electron chi connectivity index (χ2n) is 8.01. The van der Waals surface area contributed by atoms with Gasteiger partial charge in [-0.2, -0.15) is 5.26 Å². The number of nitriles is 1. The monoisotopic (exact) mass is 353 g/mol. The van der Waals surface area contributed by atoms with Crippen LogP contribution in [0.5, 0.6) is 0 Å². The minimum absolute atomic E-state index is 0.305. The molecular weight excluding hydrogens is 326 g/mol. The Labute approximate surface area is 154 Å². The third kappa shape index (κ3) is 3.42. The van der Waals surface area contributed by atoms with Gasteiger partial charge in [0.15, 0.2) is 0 Å². The number of pyridine rings is 1. The molecule has 4 rings (SSSR count). The first-order valence-electron chi connectivity index (χ1n) is 9.69. The molecule has 2 aromatic rings. The lowest BCUT2D eigenvalue weighted by atomic mass is 9.77. The van der Waals surface area contributed by atoms with Gasteiger partial charge in [0.25, 0.3) is 0 Å². The number of aromatic nitrogens is 2. The maximum absolute atomic E-state index is 10.5. The first-order chi connectivity index (χ1) is 12.6. The van der Waals surface area contributed by atoms with Crippen LogP contribution in [0.4, 0.5) is 5.69 Å². The summed E-state index contributed by atoms with van der Waals surface area (Å²) < 4.78 is 0. The first-order valence-corrected chi connectivity index (χ1v) is 9.69. The zero-order valence-electron chi connectivity index (χ0n) is 15.3. The average molecular weight is 353 g/mol. The topological polar surface area (TPSA) is 88.0 Å². The Morgan fingerprint density at radius 2 is 2.19 bits per heavy atom. The van der Waals surface area contributed by atoms with Gasteiger partial charge in [0, 0.05) is 36.9 Å². The number of H-pyrrole nitrogens is 1. The maximum atomic E-state index is 10.5. The molecule has 1 aliphatic carbocycles. The van der Waals surface area contributed by atoms with E-state index in [2.05, 4.69) is 33.2 Å². The minimum Gasteiger partial charge on any atom is -0.381 e. The van der Waals surface area contributed by atoms with Crippen LogP contribution in [0.15, 0.2) is 18.5 Å². The number of hydrogen-bond acceptors (Lipinski definition) is 5. The molecule has 0 aromatic carbocycles. The molecular formula is C20H27N5O. The van der Waals surface area contributed by atoms with Crippen molar-refractivity contribution < 1.29 is 5.11 Å². The number of anilines is 1. The number of piperidine rings is 1. The van der Waals surface area contributed by atoms with Crippen molar-refractivity contribution in [2.75, 3.05) is 18.4 Å². The van der Waals surface area contributed by atoms with E-state index in [4.69, 9.17) is 0 Å². The van der Waals surface area contributed by atoms with Gasteiger partial charge < -0.3 is 15.4 Å². The van der Waals surface area contributed by atoms with E-state index in [0.29, 0.717) is 17.5 Å². The summed E-state index contributed by atoms with van der Waals surface area (Å²) in [6.07, 6.45) is 8.49. The van der Waals surface area contributed by atoms with Crippen LogP contribution in [0.1, 0.15) is 44.6 Å². The third-order valence-corrected chi connectivity index (χ3v) is 6.08. The number of aliphatic hydroxyl groups excluding tert-OH is 1. The zero-order valence-corrected chi connectivity index (χ0v) is 15.3. The normalized spacial score (nSPS) is 25.6. The quantitative estimate of drug-likeness (QED) is 0.769. The molecule has 1 aliphatic heterocycles. The lowest BCUT2D eigenvalue weighted by molar-refractivity contribution is -0.0384. The zero-order chi connectivity index (χ0) is 18.1. The van der Waals surface area contributed by atoms with Crippen molar-refractivity contribution in [2.24, 2.45) is 11.8 Å². The van der Waals surface area contributed by atoms with Crippen LogP contribution in [-0.4, -0.2) is 45.3 Å². The third-order valence-electron chi connectivity index (χ3n) is 6.08. The fraction of sp³-hybridized carbons (Fsp3) is 0.600. The molecule has 138 valence electrons. The molecule has 3 N–H and O–H groups in total. The van der Waals surface area contributed by atoms with Crippen LogP contribution >= 0.6 is 0 Å². The first kappa shape index (κ1) is 17.3. The van der Waals surface area contributed by atoms with E-state index >= 15 is 0 Å². The SMILES string of the molecule is CC1CCN(C(O)CC2CC(Nc3c(C#N)cnc4[nH]ccc34)C2)CC1. The highest BCUT2D eigenvalue weighted by atomic mass is 16.3. The molecule has 2 aromatic heterocycles. The number of rotatable bonds is 5. The second kappa shape index (κ2) is 7.26. The van der Waals surface area contributed by atoms with Gasteiger partial charge in [0.1, 0.15) is 17.9 Å². The molecule has 1 saturated heterocycles. The van der Waals surface area contributed by atoms with Crippen LogP contribution in [-0.2, 0) is 0 Å². The predicted octanol–water partition coefficient (Wildman–Crippen LogP) is 3.07. The molecule has 0 bridgehead atoms. The molecule has 1 saturated carbocycles. The molecule has 1 unspecified atom stereocenters. The Balaban J connectivity index is 1.32. The number of nitrogens with one attached hydrogen (secondary N) is 2. The number of fused-ring (bicyclic) bond motifs is 1. The van der Waals surface area contributed by atoms with Crippen molar-refractivity contribution in [3.8, 4) is 6.07 Å². The van der Waals surface area contributed by atoms with Crippen molar-refractivity contribution in [3.63, 3.8) is 0 Å². The van der Waals surface area contributed by atoms with E-state index < -0.39 is 0 Å². The number of likely N-dealkylation sites (tertiary alicyclic amines) is 1. The predicted molar refractivity (Wildman–Crippen MR) is 102 cm³/mol. The van der Waals surface area contributed by atoms with Gasteiger partial charge in [0.2, 0.25) is 0 Å². The lowest BCUT2D eigenvalue weighted by Gasteiger charge is -2.41. The smallest absolute Gasteiger partial charge is 0.139 e. The Kier molecular flexibility index (Phi) is 4.84. The van der Waals surface area contributed by atoms with Gasteiger partial charge in [0.05, 0.1) is 11.3 Å². The summed E-state index contributed by atoms with van der Waals surface area (Å²) in [6, 6.07) is 4.56. The highest BCUT2D eigenvalue weighted by molar-refractivity contribution is 5.92. The van der Waals surface area contributed by atoms with Gasteiger partial charge >= 0.3 is 0 Å². The Hall–Kier alpha value is -2.10. The molecule has 0 radical (unpaired) electrons. The Morgan fingerprint density at radius 3 is 2.92 bits per heavy atom. The highest BCUT2D eigenvalue weighted by Crippen LogP contribution is 2.36. The highest BCUT2D eigenvalue weighted by Gasteiger charge is 2.33. The molecule has 0 spiro atoms. The molecule has 1 atom stereocenters. The lowest BCUT2D eigenvalue weighted by Crippen LogP contribution is -2.45. The van der Waals surface area contributed by atoms with Crippen LogP contribution in [0.25, 0.3) is 11.0 Å².